The normalized spacial score (nSPS) is 10.8. The summed E-state index contributed by atoms with van der Waals surface area (Å²) in [7, 11) is 0. The largest absolute Gasteiger partial charge is 0.494 e. The molecule has 0 spiro atoms. The van der Waals surface area contributed by atoms with Gasteiger partial charge in [-0.2, -0.15) is 0 Å². The first-order valence-corrected chi connectivity index (χ1v) is 8.81. The van der Waals surface area contributed by atoms with E-state index in [9.17, 15) is 4.79 Å². The maximum absolute atomic E-state index is 12.5. The molecule has 0 aliphatic carbocycles. The molecule has 24 heavy (non-hydrogen) atoms. The number of hydrogen-bond acceptors (Lipinski definition) is 4. The molecule has 0 atom stereocenters. The van der Waals surface area contributed by atoms with Crippen LogP contribution in [-0.4, -0.2) is 17.5 Å². The van der Waals surface area contributed by atoms with Gasteiger partial charge in [-0.25, -0.2) is 4.98 Å². The fourth-order valence-electron chi connectivity index (χ4n) is 2.43. The molecule has 5 heteroatoms. The van der Waals surface area contributed by atoms with Gasteiger partial charge >= 0.3 is 0 Å². The fraction of sp³-hybridized carbons (Fsp3) is 0.263. The van der Waals surface area contributed by atoms with E-state index in [4.69, 9.17) is 4.74 Å². The van der Waals surface area contributed by atoms with Crippen molar-refractivity contribution in [2.75, 3.05) is 11.9 Å². The Hall–Kier alpha value is -2.40. The summed E-state index contributed by atoms with van der Waals surface area (Å²) in [5, 5.41) is 3.52. The number of benzene rings is 2. The predicted molar refractivity (Wildman–Crippen MR) is 99.3 cm³/mol. The number of hydrogen-bond donors (Lipinski definition) is 1. The van der Waals surface area contributed by atoms with Crippen LogP contribution in [0.3, 0.4) is 0 Å². The van der Waals surface area contributed by atoms with E-state index in [0.29, 0.717) is 23.1 Å². The van der Waals surface area contributed by atoms with Gasteiger partial charge in [-0.3, -0.25) is 10.1 Å². The quantitative estimate of drug-likeness (QED) is 0.714. The summed E-state index contributed by atoms with van der Waals surface area (Å²) in [5.74, 6) is 0.534. The van der Waals surface area contributed by atoms with Gasteiger partial charge in [0.25, 0.3) is 5.91 Å². The van der Waals surface area contributed by atoms with Gasteiger partial charge in [0.1, 0.15) is 5.75 Å². The third-order valence-corrected chi connectivity index (χ3v) is 4.84. The Morgan fingerprint density at radius 3 is 2.75 bits per heavy atom. The Labute approximate surface area is 145 Å². The number of aromatic nitrogens is 1. The Kier molecular flexibility index (Phi) is 4.81. The van der Waals surface area contributed by atoms with Gasteiger partial charge in [-0.1, -0.05) is 36.5 Å². The number of nitrogens with zero attached hydrogens (tertiary/aromatic N) is 1. The van der Waals surface area contributed by atoms with Gasteiger partial charge in [-0.15, -0.1) is 0 Å². The average molecular weight is 340 g/mol. The number of rotatable bonds is 5. The van der Waals surface area contributed by atoms with Gasteiger partial charge in [0, 0.05) is 5.56 Å². The number of amides is 1. The Morgan fingerprint density at radius 1 is 1.21 bits per heavy atom. The van der Waals surface area contributed by atoms with Crippen molar-refractivity contribution in [1.29, 1.82) is 0 Å². The van der Waals surface area contributed by atoms with Crippen LogP contribution >= 0.6 is 11.3 Å². The summed E-state index contributed by atoms with van der Waals surface area (Å²) in [5.41, 5.74) is 3.80. The molecule has 2 aromatic carbocycles. The van der Waals surface area contributed by atoms with Gasteiger partial charge in [-0.05, 0) is 49.6 Å². The van der Waals surface area contributed by atoms with Crippen molar-refractivity contribution in [3.8, 4) is 5.75 Å². The molecule has 1 amide bonds. The first-order valence-electron chi connectivity index (χ1n) is 7.99. The van der Waals surface area contributed by atoms with E-state index in [-0.39, 0.29) is 5.91 Å². The maximum atomic E-state index is 12.5. The highest BCUT2D eigenvalue weighted by Gasteiger charge is 2.13. The number of thiazole rings is 1. The molecule has 1 N–H and O–H groups in total. The molecule has 3 aromatic rings. The number of nitrogens with one attached hydrogen (secondary N) is 1. The zero-order chi connectivity index (χ0) is 17.1. The highest BCUT2D eigenvalue weighted by Crippen LogP contribution is 2.31. The van der Waals surface area contributed by atoms with E-state index < -0.39 is 0 Å². The fourth-order valence-corrected chi connectivity index (χ4v) is 3.44. The molecule has 0 aliphatic heterocycles. The van der Waals surface area contributed by atoms with Gasteiger partial charge < -0.3 is 4.74 Å². The molecule has 1 aromatic heterocycles. The molecular formula is C19H20N2O2S. The Bertz CT molecular complexity index is 847. The smallest absolute Gasteiger partial charge is 0.257 e. The zero-order valence-corrected chi connectivity index (χ0v) is 14.9. The molecule has 4 nitrogen and oxygen atoms in total. The Balaban J connectivity index is 1.82. The molecule has 0 bridgehead atoms. The molecule has 0 unspecified atom stereocenters. The molecular weight excluding hydrogens is 320 g/mol. The van der Waals surface area contributed by atoms with E-state index in [0.717, 1.165) is 22.2 Å². The van der Waals surface area contributed by atoms with Gasteiger partial charge in [0.2, 0.25) is 0 Å². The number of carbonyl (C=O) groups is 1. The minimum absolute atomic E-state index is 0.175. The minimum Gasteiger partial charge on any atom is -0.494 e. The summed E-state index contributed by atoms with van der Waals surface area (Å²) < 4.78 is 6.70. The lowest BCUT2D eigenvalue weighted by Gasteiger charge is -2.06. The monoisotopic (exact) mass is 340 g/mol. The molecule has 124 valence electrons. The van der Waals surface area contributed by atoms with Crippen molar-refractivity contribution in [3.05, 3.63) is 53.1 Å². The van der Waals surface area contributed by atoms with Crippen LogP contribution in [0.5, 0.6) is 5.75 Å². The number of anilines is 1. The predicted octanol–water partition coefficient (Wildman–Crippen LogP) is 4.95. The van der Waals surface area contributed by atoms with Crippen LogP contribution < -0.4 is 10.1 Å². The van der Waals surface area contributed by atoms with Gasteiger partial charge in [0.05, 0.1) is 16.8 Å². The van der Waals surface area contributed by atoms with E-state index in [1.807, 2.05) is 26.0 Å². The van der Waals surface area contributed by atoms with Crippen molar-refractivity contribution in [3.63, 3.8) is 0 Å². The summed E-state index contributed by atoms with van der Waals surface area (Å²) in [6.07, 6.45) is 0.931. The lowest BCUT2D eigenvalue weighted by molar-refractivity contribution is 0.102. The first kappa shape index (κ1) is 16.5. The second kappa shape index (κ2) is 7.01. The van der Waals surface area contributed by atoms with Crippen LogP contribution in [0.2, 0.25) is 0 Å². The summed E-state index contributed by atoms with van der Waals surface area (Å²) >= 11 is 1.50. The van der Waals surface area contributed by atoms with Crippen LogP contribution in [-0.2, 0) is 0 Å². The second-order valence-electron chi connectivity index (χ2n) is 5.73. The molecule has 0 saturated carbocycles. The topological polar surface area (TPSA) is 51.2 Å². The van der Waals surface area contributed by atoms with Gasteiger partial charge in [0.15, 0.2) is 5.13 Å². The second-order valence-corrected chi connectivity index (χ2v) is 6.73. The standard InChI is InChI=1S/C19H20N2O2S/c1-4-10-23-15-7-5-6-14(11-15)18(22)21-19-20-16-12(2)8-9-13(3)17(16)24-19/h5-9,11H,4,10H2,1-3H3,(H,20,21,22). The lowest BCUT2D eigenvalue weighted by atomic mass is 10.1. The number of ether oxygens (including phenoxy) is 1. The van der Waals surface area contributed by atoms with E-state index in [2.05, 4.69) is 29.4 Å². The van der Waals surface area contributed by atoms with E-state index in [1.165, 1.54) is 16.9 Å². The van der Waals surface area contributed by atoms with Crippen LogP contribution in [0.25, 0.3) is 10.2 Å². The van der Waals surface area contributed by atoms with E-state index in [1.54, 1.807) is 12.1 Å². The summed E-state index contributed by atoms with van der Waals surface area (Å²) in [4.78, 5) is 17.1. The highest BCUT2D eigenvalue weighted by molar-refractivity contribution is 7.22. The third kappa shape index (κ3) is 3.41. The molecule has 3 rings (SSSR count). The molecule has 0 aliphatic rings. The minimum atomic E-state index is -0.175. The van der Waals surface area contributed by atoms with E-state index >= 15 is 0 Å². The van der Waals surface area contributed by atoms with Crippen molar-refractivity contribution < 1.29 is 9.53 Å². The number of carbonyl (C=O) groups excluding carboxylic acids is 1. The molecule has 0 fully saturated rings. The molecule has 1 heterocycles. The molecule has 0 saturated heterocycles. The highest BCUT2D eigenvalue weighted by atomic mass is 32.1. The Morgan fingerprint density at radius 2 is 2.00 bits per heavy atom. The van der Waals surface area contributed by atoms with Crippen molar-refractivity contribution in [2.45, 2.75) is 27.2 Å². The number of fused-ring (bicyclic) bond motifs is 1. The van der Waals surface area contributed by atoms with Crippen LogP contribution in [0, 0.1) is 13.8 Å². The maximum Gasteiger partial charge on any atom is 0.257 e. The lowest BCUT2D eigenvalue weighted by Crippen LogP contribution is -2.11. The van der Waals surface area contributed by atoms with Crippen molar-refractivity contribution in [2.24, 2.45) is 0 Å². The van der Waals surface area contributed by atoms with Crippen LogP contribution in [0.1, 0.15) is 34.8 Å². The van der Waals surface area contributed by atoms with Crippen LogP contribution in [0.4, 0.5) is 5.13 Å². The zero-order valence-electron chi connectivity index (χ0n) is 14.1. The summed E-state index contributed by atoms with van der Waals surface area (Å²) in [6, 6.07) is 11.4. The van der Waals surface area contributed by atoms with Crippen LogP contribution in [0.15, 0.2) is 36.4 Å². The van der Waals surface area contributed by atoms with Crippen molar-refractivity contribution in [1.82, 2.24) is 4.98 Å². The number of aryl methyl sites for hydroxylation is 2. The molecule has 0 radical (unpaired) electrons. The first-order chi connectivity index (χ1) is 11.6. The van der Waals surface area contributed by atoms with Crippen molar-refractivity contribution >= 4 is 32.6 Å². The third-order valence-electron chi connectivity index (χ3n) is 3.73. The SMILES string of the molecule is CCCOc1cccc(C(=O)Nc2nc3c(C)ccc(C)c3s2)c1. The summed E-state index contributed by atoms with van der Waals surface area (Å²) in [6.45, 7) is 6.77. The average Bonchev–Trinajstić information content (AvgIpc) is 3.01.